The molecule has 0 aromatic heterocycles. The number of rotatable bonds is 2. The van der Waals surface area contributed by atoms with Crippen LogP contribution in [-0.2, 0) is 6.42 Å². The molecule has 2 heterocycles. The van der Waals surface area contributed by atoms with Crippen LogP contribution < -0.4 is 5.32 Å². The molecule has 21 heavy (non-hydrogen) atoms. The molecule has 0 radical (unpaired) electrons. The summed E-state index contributed by atoms with van der Waals surface area (Å²) in [5.41, 5.74) is 3.14. The lowest BCUT2D eigenvalue weighted by atomic mass is 9.93. The van der Waals surface area contributed by atoms with Gasteiger partial charge in [0.05, 0.1) is 0 Å². The van der Waals surface area contributed by atoms with Crippen molar-refractivity contribution in [3.8, 4) is 0 Å². The molecule has 116 valence electrons. The number of nitrogens with one attached hydrogen (secondary N) is 1. The van der Waals surface area contributed by atoms with E-state index in [1.807, 2.05) is 0 Å². The first-order valence-electron chi connectivity index (χ1n) is 8.31. The van der Waals surface area contributed by atoms with Gasteiger partial charge < -0.3 is 10.2 Å². The van der Waals surface area contributed by atoms with Crippen molar-refractivity contribution >= 4 is 5.69 Å². The topological polar surface area (TPSA) is 18.5 Å². The fraction of sp³-hybridized carbons (Fsp3) is 0.667. The number of nitrogens with zero attached hydrogens (tertiary/aromatic N) is 2. The van der Waals surface area contributed by atoms with Gasteiger partial charge in [0.1, 0.15) is 0 Å². The van der Waals surface area contributed by atoms with Gasteiger partial charge in [-0.05, 0) is 44.7 Å². The zero-order valence-electron chi connectivity index (χ0n) is 13.7. The molecule has 3 rings (SSSR count). The Bertz CT molecular complexity index is 470. The fourth-order valence-corrected chi connectivity index (χ4v) is 3.60. The third-order valence-electron chi connectivity index (χ3n) is 4.94. The number of anilines is 1. The molecule has 1 aromatic carbocycles. The van der Waals surface area contributed by atoms with Gasteiger partial charge in [-0.2, -0.15) is 0 Å². The predicted molar refractivity (Wildman–Crippen MR) is 89.9 cm³/mol. The van der Waals surface area contributed by atoms with Crippen LogP contribution in [0, 0.1) is 5.92 Å². The first-order valence-corrected chi connectivity index (χ1v) is 8.31. The molecule has 2 aliphatic heterocycles. The minimum Gasteiger partial charge on any atom is -0.384 e. The highest BCUT2D eigenvalue weighted by atomic mass is 15.3. The molecule has 1 N–H and O–H groups in total. The Kier molecular flexibility index (Phi) is 4.23. The third-order valence-corrected chi connectivity index (χ3v) is 4.94. The van der Waals surface area contributed by atoms with E-state index in [2.05, 4.69) is 60.2 Å². The van der Waals surface area contributed by atoms with Crippen molar-refractivity contribution in [3.05, 3.63) is 29.8 Å². The van der Waals surface area contributed by atoms with Crippen LogP contribution in [0.15, 0.2) is 24.3 Å². The molecule has 1 fully saturated rings. The van der Waals surface area contributed by atoms with E-state index in [1.54, 1.807) is 0 Å². The number of piperazine rings is 1. The summed E-state index contributed by atoms with van der Waals surface area (Å²) in [4.78, 5) is 5.26. The van der Waals surface area contributed by atoms with Crippen molar-refractivity contribution in [2.75, 3.05) is 44.6 Å². The first-order chi connectivity index (χ1) is 10.0. The summed E-state index contributed by atoms with van der Waals surface area (Å²) in [5.74, 6) is 0.751. The molecule has 1 unspecified atom stereocenters. The van der Waals surface area contributed by atoms with Crippen molar-refractivity contribution in [2.24, 2.45) is 5.92 Å². The lowest BCUT2D eigenvalue weighted by Crippen LogP contribution is -2.54. The second-order valence-corrected chi connectivity index (χ2v) is 7.57. The van der Waals surface area contributed by atoms with Crippen LogP contribution in [0.3, 0.4) is 0 Å². The molecular formula is C18H29N3. The number of benzene rings is 1. The van der Waals surface area contributed by atoms with Gasteiger partial charge in [-0.15, -0.1) is 0 Å². The van der Waals surface area contributed by atoms with Crippen LogP contribution in [0.4, 0.5) is 5.69 Å². The van der Waals surface area contributed by atoms with Gasteiger partial charge in [-0.25, -0.2) is 0 Å². The number of para-hydroxylation sites is 1. The van der Waals surface area contributed by atoms with Gasteiger partial charge in [0.2, 0.25) is 0 Å². The predicted octanol–water partition coefficient (Wildman–Crippen LogP) is 2.69. The van der Waals surface area contributed by atoms with Crippen LogP contribution in [-0.4, -0.2) is 54.6 Å². The highest BCUT2D eigenvalue weighted by molar-refractivity contribution is 5.53. The zero-order chi connectivity index (χ0) is 14.9. The summed E-state index contributed by atoms with van der Waals surface area (Å²) in [6.45, 7) is 14.2. The standard InChI is InChI=1S/C18H29N3/c1-18(2,3)21-10-8-20(9-11-21)14-15-12-16-6-4-5-7-17(16)19-13-15/h4-7,15,19H,8-14H2,1-3H3. The van der Waals surface area contributed by atoms with Gasteiger partial charge in [0, 0.05) is 50.5 Å². The highest BCUT2D eigenvalue weighted by Gasteiger charge is 2.27. The molecule has 0 aliphatic carbocycles. The van der Waals surface area contributed by atoms with E-state index in [0.717, 1.165) is 12.5 Å². The van der Waals surface area contributed by atoms with Gasteiger partial charge in [0.25, 0.3) is 0 Å². The van der Waals surface area contributed by atoms with Crippen molar-refractivity contribution in [3.63, 3.8) is 0 Å². The Balaban J connectivity index is 1.51. The van der Waals surface area contributed by atoms with E-state index in [-0.39, 0.29) is 0 Å². The Morgan fingerprint density at radius 2 is 1.81 bits per heavy atom. The number of hydrogen-bond donors (Lipinski definition) is 1. The summed E-state index contributed by atoms with van der Waals surface area (Å²) in [5, 5.41) is 3.60. The lowest BCUT2D eigenvalue weighted by Gasteiger charge is -2.43. The number of hydrogen-bond acceptors (Lipinski definition) is 3. The summed E-state index contributed by atoms with van der Waals surface area (Å²) in [6.07, 6.45) is 1.22. The summed E-state index contributed by atoms with van der Waals surface area (Å²) in [6, 6.07) is 8.75. The second-order valence-electron chi connectivity index (χ2n) is 7.57. The van der Waals surface area contributed by atoms with E-state index in [0.29, 0.717) is 5.54 Å². The largest absolute Gasteiger partial charge is 0.384 e. The van der Waals surface area contributed by atoms with Crippen molar-refractivity contribution in [2.45, 2.75) is 32.7 Å². The van der Waals surface area contributed by atoms with Crippen molar-refractivity contribution in [1.29, 1.82) is 0 Å². The Morgan fingerprint density at radius 3 is 2.52 bits per heavy atom. The van der Waals surface area contributed by atoms with Gasteiger partial charge in [-0.3, -0.25) is 4.90 Å². The average Bonchev–Trinajstić information content (AvgIpc) is 2.47. The molecule has 1 atom stereocenters. The fourth-order valence-electron chi connectivity index (χ4n) is 3.60. The van der Waals surface area contributed by atoms with E-state index in [9.17, 15) is 0 Å². The van der Waals surface area contributed by atoms with E-state index < -0.39 is 0 Å². The monoisotopic (exact) mass is 287 g/mol. The molecule has 1 aromatic rings. The Labute approximate surface area is 129 Å². The van der Waals surface area contributed by atoms with Crippen LogP contribution in [0.2, 0.25) is 0 Å². The molecule has 3 heteroatoms. The van der Waals surface area contributed by atoms with Crippen LogP contribution in [0.25, 0.3) is 0 Å². The lowest BCUT2D eigenvalue weighted by molar-refractivity contribution is 0.0559. The molecule has 0 bridgehead atoms. The SMILES string of the molecule is CC(C)(C)N1CCN(CC2CNc3ccccc3C2)CC1. The van der Waals surface area contributed by atoms with Crippen LogP contribution in [0.1, 0.15) is 26.3 Å². The first kappa shape index (κ1) is 14.9. The molecule has 0 spiro atoms. The van der Waals surface area contributed by atoms with Gasteiger partial charge >= 0.3 is 0 Å². The minimum atomic E-state index is 0.317. The summed E-state index contributed by atoms with van der Waals surface area (Å²) < 4.78 is 0. The van der Waals surface area contributed by atoms with E-state index >= 15 is 0 Å². The van der Waals surface area contributed by atoms with Crippen molar-refractivity contribution in [1.82, 2.24) is 9.80 Å². The zero-order valence-corrected chi connectivity index (χ0v) is 13.7. The quantitative estimate of drug-likeness (QED) is 0.902. The molecule has 0 amide bonds. The summed E-state index contributed by atoms with van der Waals surface area (Å²) in [7, 11) is 0. The maximum atomic E-state index is 3.60. The van der Waals surface area contributed by atoms with Crippen LogP contribution >= 0.6 is 0 Å². The van der Waals surface area contributed by atoms with E-state index in [1.165, 1.54) is 50.4 Å². The number of fused-ring (bicyclic) bond motifs is 1. The third kappa shape index (κ3) is 3.58. The van der Waals surface area contributed by atoms with Crippen molar-refractivity contribution < 1.29 is 0 Å². The molecule has 0 saturated carbocycles. The summed E-state index contributed by atoms with van der Waals surface area (Å²) >= 11 is 0. The van der Waals surface area contributed by atoms with E-state index in [4.69, 9.17) is 0 Å². The normalized spacial score (nSPS) is 24.4. The molecule has 3 nitrogen and oxygen atoms in total. The minimum absolute atomic E-state index is 0.317. The highest BCUT2D eigenvalue weighted by Crippen LogP contribution is 2.25. The molecule has 1 saturated heterocycles. The van der Waals surface area contributed by atoms with Crippen LogP contribution in [0.5, 0.6) is 0 Å². The Hall–Kier alpha value is -1.06. The maximum absolute atomic E-state index is 3.60. The smallest absolute Gasteiger partial charge is 0.0372 e. The van der Waals surface area contributed by atoms with Gasteiger partial charge in [0.15, 0.2) is 0 Å². The molecular weight excluding hydrogens is 258 g/mol. The Morgan fingerprint density at radius 1 is 1.10 bits per heavy atom. The molecule has 2 aliphatic rings. The average molecular weight is 287 g/mol. The maximum Gasteiger partial charge on any atom is 0.0372 e. The van der Waals surface area contributed by atoms with Gasteiger partial charge in [-0.1, -0.05) is 18.2 Å². The second kappa shape index (κ2) is 5.98.